The third kappa shape index (κ3) is 3.91. The molecule has 4 rings (SSSR count). The molecule has 1 aliphatic carbocycles. The summed E-state index contributed by atoms with van der Waals surface area (Å²) in [7, 11) is 0. The zero-order valence-corrected chi connectivity index (χ0v) is 15.5. The molecule has 2 aromatic rings. The predicted molar refractivity (Wildman–Crippen MR) is 101 cm³/mol. The first kappa shape index (κ1) is 18.2. The van der Waals surface area contributed by atoms with Crippen molar-refractivity contribution < 1.29 is 23.9 Å². The molecule has 1 saturated carbocycles. The van der Waals surface area contributed by atoms with Crippen LogP contribution in [0.1, 0.15) is 57.7 Å². The second-order valence-corrected chi connectivity index (χ2v) is 7.21. The van der Waals surface area contributed by atoms with E-state index in [4.69, 9.17) is 9.47 Å². The highest BCUT2D eigenvalue weighted by Gasteiger charge is 2.30. The van der Waals surface area contributed by atoms with Crippen molar-refractivity contribution in [2.45, 2.75) is 44.4 Å². The summed E-state index contributed by atoms with van der Waals surface area (Å²) < 4.78 is 10.8. The number of hydrogen-bond donors (Lipinski definition) is 1. The van der Waals surface area contributed by atoms with Crippen molar-refractivity contribution in [2.24, 2.45) is 0 Å². The summed E-state index contributed by atoms with van der Waals surface area (Å²) in [5, 5.41) is 2.81. The van der Waals surface area contributed by atoms with E-state index in [0.717, 1.165) is 24.0 Å². The summed E-state index contributed by atoms with van der Waals surface area (Å²) in [5.41, 5.74) is 2.39. The Labute approximate surface area is 162 Å². The number of carbonyl (C=O) groups excluding carboxylic acids is 3. The lowest BCUT2D eigenvalue weighted by Gasteiger charge is -2.25. The number of nitrogens with one attached hydrogen (secondary N) is 1. The lowest BCUT2D eigenvalue weighted by atomic mass is 9.93. The predicted octanol–water partition coefficient (Wildman–Crippen LogP) is 2.96. The van der Waals surface area contributed by atoms with Crippen LogP contribution in [0.25, 0.3) is 0 Å². The van der Waals surface area contributed by atoms with E-state index in [1.807, 2.05) is 30.3 Å². The molecule has 2 unspecified atom stereocenters. The minimum absolute atomic E-state index is 0.207. The summed E-state index contributed by atoms with van der Waals surface area (Å²) in [6, 6.07) is 14.4. The van der Waals surface area contributed by atoms with Gasteiger partial charge in [0.15, 0.2) is 6.10 Å². The monoisotopic (exact) mass is 379 g/mol. The van der Waals surface area contributed by atoms with Crippen molar-refractivity contribution in [1.82, 2.24) is 5.32 Å². The molecular weight excluding hydrogens is 358 g/mol. The number of esters is 2. The Bertz CT molecular complexity index is 920. The van der Waals surface area contributed by atoms with Crippen LogP contribution in [0.3, 0.4) is 0 Å². The van der Waals surface area contributed by atoms with E-state index in [9.17, 15) is 14.4 Å². The number of benzene rings is 2. The van der Waals surface area contributed by atoms with Gasteiger partial charge in [0.25, 0.3) is 5.91 Å². The Hall–Kier alpha value is -3.15. The summed E-state index contributed by atoms with van der Waals surface area (Å²) >= 11 is 0. The largest absolute Gasteiger partial charge is 0.454 e. The molecule has 6 heteroatoms. The molecule has 28 heavy (non-hydrogen) atoms. The standard InChI is InChI=1S/C22H21NO5/c1-13(20(24)23-17-8-9-17)27-21(25)15-7-10-18-16(11-15)12-19(28-22(18)26)14-5-3-2-4-6-14/h2-7,10-11,13,17,19H,8-9,12H2,1H3,(H,23,24). The molecule has 2 aromatic carbocycles. The van der Waals surface area contributed by atoms with Gasteiger partial charge in [0, 0.05) is 12.5 Å². The van der Waals surface area contributed by atoms with Crippen LogP contribution in [0.4, 0.5) is 0 Å². The van der Waals surface area contributed by atoms with Gasteiger partial charge in [0.1, 0.15) is 6.10 Å². The average molecular weight is 379 g/mol. The van der Waals surface area contributed by atoms with Gasteiger partial charge in [0.05, 0.1) is 11.1 Å². The highest BCUT2D eigenvalue weighted by Crippen LogP contribution is 2.31. The SMILES string of the molecule is CC(OC(=O)c1ccc2c(c1)CC(c1ccccc1)OC2=O)C(=O)NC1CC1. The van der Waals surface area contributed by atoms with Crippen LogP contribution >= 0.6 is 0 Å². The van der Waals surface area contributed by atoms with Gasteiger partial charge in [-0.25, -0.2) is 9.59 Å². The smallest absolute Gasteiger partial charge is 0.339 e. The van der Waals surface area contributed by atoms with Crippen LogP contribution in [0.5, 0.6) is 0 Å². The Morgan fingerprint density at radius 1 is 1.14 bits per heavy atom. The molecule has 6 nitrogen and oxygen atoms in total. The molecule has 1 aliphatic heterocycles. The number of ether oxygens (including phenoxy) is 2. The van der Waals surface area contributed by atoms with Crippen molar-refractivity contribution >= 4 is 17.8 Å². The van der Waals surface area contributed by atoms with Crippen molar-refractivity contribution in [3.8, 4) is 0 Å². The van der Waals surface area contributed by atoms with E-state index in [2.05, 4.69) is 5.32 Å². The van der Waals surface area contributed by atoms with Crippen LogP contribution in [-0.4, -0.2) is 30.0 Å². The van der Waals surface area contributed by atoms with E-state index in [0.29, 0.717) is 17.5 Å². The molecule has 0 saturated heterocycles. The van der Waals surface area contributed by atoms with Crippen LogP contribution in [0.2, 0.25) is 0 Å². The Balaban J connectivity index is 1.49. The number of fused-ring (bicyclic) bond motifs is 1. The second-order valence-electron chi connectivity index (χ2n) is 7.21. The molecular formula is C22H21NO5. The summed E-state index contributed by atoms with van der Waals surface area (Å²) in [6.07, 6.45) is 1.15. The Morgan fingerprint density at radius 2 is 1.89 bits per heavy atom. The zero-order chi connectivity index (χ0) is 19.7. The third-order valence-electron chi connectivity index (χ3n) is 4.96. The molecule has 144 valence electrons. The van der Waals surface area contributed by atoms with Gasteiger partial charge in [0.2, 0.25) is 0 Å². The third-order valence-corrected chi connectivity index (χ3v) is 4.96. The van der Waals surface area contributed by atoms with Crippen LogP contribution in [0, 0.1) is 0 Å². The van der Waals surface area contributed by atoms with Crippen molar-refractivity contribution in [3.05, 3.63) is 70.8 Å². The van der Waals surface area contributed by atoms with E-state index < -0.39 is 24.1 Å². The fraction of sp³-hybridized carbons (Fsp3) is 0.318. The molecule has 2 aliphatic rings. The Morgan fingerprint density at radius 3 is 2.61 bits per heavy atom. The molecule has 0 bridgehead atoms. The molecule has 2 atom stereocenters. The van der Waals surface area contributed by atoms with E-state index >= 15 is 0 Å². The summed E-state index contributed by atoms with van der Waals surface area (Å²) in [4.78, 5) is 36.8. The molecule has 0 aromatic heterocycles. The van der Waals surface area contributed by atoms with Gasteiger partial charge >= 0.3 is 11.9 Å². The maximum atomic E-state index is 12.5. The number of cyclic esters (lactones) is 1. The fourth-order valence-electron chi connectivity index (χ4n) is 3.20. The summed E-state index contributed by atoms with van der Waals surface area (Å²) in [5.74, 6) is -1.29. The molecule has 1 amide bonds. The maximum Gasteiger partial charge on any atom is 0.339 e. The topological polar surface area (TPSA) is 81.7 Å². The molecule has 0 radical (unpaired) electrons. The van der Waals surface area contributed by atoms with E-state index in [1.54, 1.807) is 19.1 Å². The second kappa shape index (κ2) is 7.46. The molecule has 0 spiro atoms. The number of hydrogen-bond acceptors (Lipinski definition) is 5. The van der Waals surface area contributed by atoms with Crippen molar-refractivity contribution in [1.29, 1.82) is 0 Å². The van der Waals surface area contributed by atoms with Gasteiger partial charge < -0.3 is 14.8 Å². The van der Waals surface area contributed by atoms with Gasteiger partial charge in [-0.05, 0) is 49.1 Å². The highest BCUT2D eigenvalue weighted by molar-refractivity contribution is 5.96. The normalized spacial score (nSPS) is 19.2. The van der Waals surface area contributed by atoms with Gasteiger partial charge in [-0.2, -0.15) is 0 Å². The molecule has 1 heterocycles. The van der Waals surface area contributed by atoms with Crippen molar-refractivity contribution in [3.63, 3.8) is 0 Å². The maximum absolute atomic E-state index is 12.5. The fourth-order valence-corrected chi connectivity index (χ4v) is 3.20. The average Bonchev–Trinajstić information content (AvgIpc) is 3.52. The lowest BCUT2D eigenvalue weighted by molar-refractivity contribution is -0.129. The lowest BCUT2D eigenvalue weighted by Crippen LogP contribution is -2.37. The van der Waals surface area contributed by atoms with Gasteiger partial charge in [-0.1, -0.05) is 30.3 Å². The van der Waals surface area contributed by atoms with Crippen molar-refractivity contribution in [2.75, 3.05) is 0 Å². The first-order valence-electron chi connectivity index (χ1n) is 9.41. The quantitative estimate of drug-likeness (QED) is 0.808. The van der Waals surface area contributed by atoms with Crippen LogP contribution in [-0.2, 0) is 20.7 Å². The first-order chi connectivity index (χ1) is 13.5. The highest BCUT2D eigenvalue weighted by atomic mass is 16.6. The number of carbonyl (C=O) groups is 3. The summed E-state index contributed by atoms with van der Waals surface area (Å²) in [6.45, 7) is 1.55. The minimum atomic E-state index is -0.869. The first-order valence-corrected chi connectivity index (χ1v) is 9.41. The number of rotatable bonds is 5. The van der Waals surface area contributed by atoms with E-state index in [-0.39, 0.29) is 11.9 Å². The zero-order valence-electron chi connectivity index (χ0n) is 15.5. The minimum Gasteiger partial charge on any atom is -0.454 e. The van der Waals surface area contributed by atoms with Crippen LogP contribution in [0.15, 0.2) is 48.5 Å². The van der Waals surface area contributed by atoms with E-state index in [1.165, 1.54) is 6.07 Å². The number of amides is 1. The molecule has 1 fully saturated rings. The molecule has 1 N–H and O–H groups in total. The van der Waals surface area contributed by atoms with Gasteiger partial charge in [-0.15, -0.1) is 0 Å². The van der Waals surface area contributed by atoms with Crippen LogP contribution < -0.4 is 5.32 Å². The van der Waals surface area contributed by atoms with Gasteiger partial charge in [-0.3, -0.25) is 4.79 Å². The Kier molecular flexibility index (Phi) is 4.86.